The molecule has 0 radical (unpaired) electrons. The van der Waals surface area contributed by atoms with Crippen LogP contribution >= 0.6 is 0 Å². The summed E-state index contributed by atoms with van der Waals surface area (Å²) in [6.07, 6.45) is -0.788. The second kappa shape index (κ2) is 9.36. The SMILES string of the molecule is CC(=O)N[C@@H](Cc1cccc(F)c1)C(=O)N[C@@H](CCC(=O)O)C(=O)O. The number of carboxylic acids is 2. The molecule has 0 aliphatic carbocycles. The summed E-state index contributed by atoms with van der Waals surface area (Å²) in [4.78, 5) is 45.3. The molecule has 1 aromatic rings. The molecule has 0 aromatic heterocycles. The van der Waals surface area contributed by atoms with Crippen LogP contribution in [-0.2, 0) is 25.6 Å². The summed E-state index contributed by atoms with van der Waals surface area (Å²) in [7, 11) is 0. The average molecular weight is 354 g/mol. The molecule has 4 N–H and O–H groups in total. The Morgan fingerprint density at radius 3 is 2.32 bits per heavy atom. The van der Waals surface area contributed by atoms with Crippen molar-refractivity contribution in [2.45, 2.75) is 38.3 Å². The monoisotopic (exact) mass is 354 g/mol. The van der Waals surface area contributed by atoms with E-state index in [1.165, 1.54) is 25.1 Å². The van der Waals surface area contributed by atoms with Crippen LogP contribution in [0.4, 0.5) is 4.39 Å². The van der Waals surface area contributed by atoms with Crippen molar-refractivity contribution >= 4 is 23.8 Å². The van der Waals surface area contributed by atoms with Gasteiger partial charge in [0.2, 0.25) is 11.8 Å². The molecule has 0 aliphatic heterocycles. The first-order valence-corrected chi connectivity index (χ1v) is 7.45. The zero-order valence-corrected chi connectivity index (χ0v) is 13.5. The maximum atomic E-state index is 13.3. The molecule has 9 heteroatoms. The predicted octanol–water partition coefficient (Wildman–Crippen LogP) is 0.307. The molecule has 1 rings (SSSR count). The summed E-state index contributed by atoms with van der Waals surface area (Å²) in [5.41, 5.74) is 0.436. The molecule has 0 saturated heterocycles. The fourth-order valence-corrected chi connectivity index (χ4v) is 2.15. The Kier molecular flexibility index (Phi) is 7.51. The number of carbonyl (C=O) groups excluding carboxylic acids is 2. The maximum Gasteiger partial charge on any atom is 0.326 e. The molecule has 2 atom stereocenters. The van der Waals surface area contributed by atoms with Gasteiger partial charge < -0.3 is 20.8 Å². The smallest absolute Gasteiger partial charge is 0.326 e. The number of nitrogens with one attached hydrogen (secondary N) is 2. The van der Waals surface area contributed by atoms with Crippen LogP contribution in [0.25, 0.3) is 0 Å². The summed E-state index contributed by atoms with van der Waals surface area (Å²) < 4.78 is 13.3. The number of rotatable bonds is 9. The minimum absolute atomic E-state index is 0.0472. The second-order valence-electron chi connectivity index (χ2n) is 5.42. The first-order valence-electron chi connectivity index (χ1n) is 7.45. The molecule has 0 unspecified atom stereocenters. The van der Waals surface area contributed by atoms with Crippen LogP contribution in [0.1, 0.15) is 25.3 Å². The van der Waals surface area contributed by atoms with Gasteiger partial charge in [-0.1, -0.05) is 12.1 Å². The van der Waals surface area contributed by atoms with E-state index in [0.29, 0.717) is 5.56 Å². The standard InChI is InChI=1S/C16H19FN2O6/c1-9(20)18-13(8-10-3-2-4-11(17)7-10)15(23)19-12(16(24)25)5-6-14(21)22/h2-4,7,12-13H,5-6,8H2,1H3,(H,18,20)(H,19,23)(H,21,22)(H,24,25)/t12-,13-/m0/s1. The quantitative estimate of drug-likeness (QED) is 0.504. The van der Waals surface area contributed by atoms with E-state index in [0.717, 1.165) is 0 Å². The summed E-state index contributed by atoms with van der Waals surface area (Å²) in [6, 6.07) is 2.90. The van der Waals surface area contributed by atoms with Gasteiger partial charge in [-0.25, -0.2) is 9.18 Å². The van der Waals surface area contributed by atoms with E-state index in [1.54, 1.807) is 6.07 Å². The minimum atomic E-state index is -1.41. The zero-order chi connectivity index (χ0) is 19.0. The number of benzene rings is 1. The highest BCUT2D eigenvalue weighted by Crippen LogP contribution is 2.08. The average Bonchev–Trinajstić information content (AvgIpc) is 2.49. The van der Waals surface area contributed by atoms with Crippen LogP contribution < -0.4 is 10.6 Å². The highest BCUT2D eigenvalue weighted by molar-refractivity contribution is 5.90. The molecule has 0 fully saturated rings. The van der Waals surface area contributed by atoms with E-state index < -0.39 is 48.1 Å². The van der Waals surface area contributed by atoms with Gasteiger partial charge in [0, 0.05) is 19.8 Å². The van der Waals surface area contributed by atoms with Crippen LogP contribution in [0, 0.1) is 5.82 Å². The molecule has 2 amide bonds. The van der Waals surface area contributed by atoms with Crippen LogP contribution in [-0.4, -0.2) is 46.0 Å². The Balaban J connectivity index is 2.85. The van der Waals surface area contributed by atoms with Gasteiger partial charge in [0.05, 0.1) is 0 Å². The molecular formula is C16H19FN2O6. The summed E-state index contributed by atoms with van der Waals surface area (Å²) in [6.45, 7) is 1.19. The first kappa shape index (κ1) is 20.1. The molecular weight excluding hydrogens is 335 g/mol. The highest BCUT2D eigenvalue weighted by Gasteiger charge is 2.26. The van der Waals surface area contributed by atoms with Crippen LogP contribution in [0.2, 0.25) is 0 Å². The summed E-state index contributed by atoms with van der Waals surface area (Å²) >= 11 is 0. The van der Waals surface area contributed by atoms with Crippen LogP contribution in [0.5, 0.6) is 0 Å². The molecule has 0 spiro atoms. The minimum Gasteiger partial charge on any atom is -0.481 e. The van der Waals surface area contributed by atoms with Gasteiger partial charge in [-0.15, -0.1) is 0 Å². The van der Waals surface area contributed by atoms with Crippen molar-refractivity contribution in [2.24, 2.45) is 0 Å². The number of amides is 2. The summed E-state index contributed by atoms with van der Waals surface area (Å²) in [5.74, 6) is -4.41. The molecule has 0 saturated carbocycles. The lowest BCUT2D eigenvalue weighted by Gasteiger charge is -2.21. The van der Waals surface area contributed by atoms with E-state index in [-0.39, 0.29) is 12.8 Å². The number of aliphatic carboxylic acids is 2. The van der Waals surface area contributed by atoms with Gasteiger partial charge in [0.15, 0.2) is 0 Å². The molecule has 0 aliphatic rings. The largest absolute Gasteiger partial charge is 0.481 e. The zero-order valence-electron chi connectivity index (χ0n) is 13.5. The molecule has 25 heavy (non-hydrogen) atoms. The lowest BCUT2D eigenvalue weighted by Crippen LogP contribution is -2.52. The molecule has 8 nitrogen and oxygen atoms in total. The van der Waals surface area contributed by atoms with Crippen molar-refractivity contribution in [3.63, 3.8) is 0 Å². The Hall–Kier alpha value is -2.97. The predicted molar refractivity (Wildman–Crippen MR) is 84.1 cm³/mol. The lowest BCUT2D eigenvalue weighted by molar-refractivity contribution is -0.143. The molecule has 136 valence electrons. The maximum absolute atomic E-state index is 13.3. The van der Waals surface area contributed by atoms with Gasteiger partial charge in [-0.05, 0) is 24.1 Å². The number of carboxylic acid groups (broad SMARTS) is 2. The Bertz CT molecular complexity index is 664. The van der Waals surface area contributed by atoms with Gasteiger partial charge in [0.1, 0.15) is 17.9 Å². The van der Waals surface area contributed by atoms with E-state index >= 15 is 0 Å². The van der Waals surface area contributed by atoms with Gasteiger partial charge in [-0.3, -0.25) is 14.4 Å². The summed E-state index contributed by atoms with van der Waals surface area (Å²) in [5, 5.41) is 22.3. The lowest BCUT2D eigenvalue weighted by atomic mass is 10.0. The number of hydrogen-bond acceptors (Lipinski definition) is 4. The van der Waals surface area contributed by atoms with E-state index in [9.17, 15) is 23.6 Å². The fraction of sp³-hybridized carbons (Fsp3) is 0.375. The van der Waals surface area contributed by atoms with E-state index in [2.05, 4.69) is 10.6 Å². The molecule has 0 heterocycles. The molecule has 0 bridgehead atoms. The van der Waals surface area contributed by atoms with Gasteiger partial charge >= 0.3 is 11.9 Å². The van der Waals surface area contributed by atoms with E-state index in [1.807, 2.05) is 0 Å². The van der Waals surface area contributed by atoms with Crippen molar-refractivity contribution in [1.82, 2.24) is 10.6 Å². The Morgan fingerprint density at radius 2 is 1.80 bits per heavy atom. The first-order chi connectivity index (χ1) is 11.7. The van der Waals surface area contributed by atoms with Gasteiger partial charge in [-0.2, -0.15) is 0 Å². The van der Waals surface area contributed by atoms with Crippen molar-refractivity contribution in [3.05, 3.63) is 35.6 Å². The second-order valence-corrected chi connectivity index (χ2v) is 5.42. The van der Waals surface area contributed by atoms with Crippen molar-refractivity contribution in [3.8, 4) is 0 Å². The highest BCUT2D eigenvalue weighted by atomic mass is 19.1. The number of hydrogen-bond donors (Lipinski definition) is 4. The molecule has 1 aromatic carbocycles. The Morgan fingerprint density at radius 1 is 1.12 bits per heavy atom. The van der Waals surface area contributed by atoms with Crippen LogP contribution in [0.3, 0.4) is 0 Å². The van der Waals surface area contributed by atoms with Crippen molar-refractivity contribution < 1.29 is 33.8 Å². The van der Waals surface area contributed by atoms with E-state index in [4.69, 9.17) is 10.2 Å². The number of carbonyl (C=O) groups is 4. The third-order valence-corrected chi connectivity index (χ3v) is 3.28. The topological polar surface area (TPSA) is 133 Å². The fourth-order valence-electron chi connectivity index (χ4n) is 2.15. The van der Waals surface area contributed by atoms with Crippen molar-refractivity contribution in [2.75, 3.05) is 0 Å². The third kappa shape index (κ3) is 7.42. The van der Waals surface area contributed by atoms with Crippen LogP contribution in [0.15, 0.2) is 24.3 Å². The third-order valence-electron chi connectivity index (χ3n) is 3.28. The van der Waals surface area contributed by atoms with Gasteiger partial charge in [0.25, 0.3) is 0 Å². The number of halogens is 1. The normalized spacial score (nSPS) is 12.7. The Labute approximate surface area is 143 Å². The van der Waals surface area contributed by atoms with Crippen molar-refractivity contribution in [1.29, 1.82) is 0 Å².